The van der Waals surface area contributed by atoms with Gasteiger partial charge in [0.05, 0.1) is 33.6 Å². The summed E-state index contributed by atoms with van der Waals surface area (Å²) >= 11 is 0. The molecule has 6 nitrogen and oxygen atoms in total. The zero-order valence-electron chi connectivity index (χ0n) is 30.2. The van der Waals surface area contributed by atoms with Crippen LogP contribution >= 0.6 is 0 Å². The molecule has 5 aromatic carbocycles. The molecule has 0 fully saturated rings. The molecule has 0 radical (unpaired) electrons. The summed E-state index contributed by atoms with van der Waals surface area (Å²) in [6.45, 7) is 0. The average Bonchev–Trinajstić information content (AvgIpc) is 3.80. The van der Waals surface area contributed by atoms with Crippen molar-refractivity contribution >= 4 is 43.7 Å². The van der Waals surface area contributed by atoms with Gasteiger partial charge in [0.2, 0.25) is 0 Å². The summed E-state index contributed by atoms with van der Waals surface area (Å²) < 4.78 is 4.66. The standard InChI is InChI=1S/C50H32N6/c1-2-12-37(13-3-1)56-48-31-34(22-25-40(48)41-16-10-28-53-50(41)56)39-15-8-19-47-49(39)42-14-4-5-18-46(42)55(47)38-23-20-33(21-24-38)36-29-44(35-11-9-26-51-32-35)54-45(30-36)43-17-6-7-27-52-43/h1-32H. The van der Waals surface area contributed by atoms with Crippen molar-refractivity contribution in [3.05, 3.63) is 195 Å². The van der Waals surface area contributed by atoms with Crippen LogP contribution in [0.4, 0.5) is 0 Å². The van der Waals surface area contributed by atoms with E-state index >= 15 is 0 Å². The lowest BCUT2D eigenvalue weighted by molar-refractivity contribution is 1.14. The molecule has 0 bridgehead atoms. The van der Waals surface area contributed by atoms with E-state index in [-0.39, 0.29) is 0 Å². The second kappa shape index (κ2) is 13.0. The minimum Gasteiger partial charge on any atom is -0.309 e. The molecule has 6 heteroatoms. The second-order valence-corrected chi connectivity index (χ2v) is 14.0. The van der Waals surface area contributed by atoms with Gasteiger partial charge in [-0.1, -0.05) is 78.9 Å². The van der Waals surface area contributed by atoms with Crippen LogP contribution in [0.25, 0.3) is 100 Å². The van der Waals surface area contributed by atoms with E-state index in [9.17, 15) is 0 Å². The van der Waals surface area contributed by atoms with E-state index in [0.717, 1.165) is 78.3 Å². The van der Waals surface area contributed by atoms with Gasteiger partial charge in [0.15, 0.2) is 0 Å². The summed E-state index contributed by atoms with van der Waals surface area (Å²) in [6, 6.07) is 59.9. The molecule has 0 unspecified atom stereocenters. The molecular weight excluding hydrogens is 685 g/mol. The van der Waals surface area contributed by atoms with Gasteiger partial charge in [-0.25, -0.2) is 9.97 Å². The first kappa shape index (κ1) is 31.8. The quantitative estimate of drug-likeness (QED) is 0.172. The van der Waals surface area contributed by atoms with Crippen LogP contribution < -0.4 is 0 Å². The Labute approximate surface area is 322 Å². The van der Waals surface area contributed by atoms with Gasteiger partial charge in [0.25, 0.3) is 0 Å². The maximum absolute atomic E-state index is 5.00. The van der Waals surface area contributed by atoms with Gasteiger partial charge in [0, 0.05) is 63.3 Å². The van der Waals surface area contributed by atoms with Crippen LogP contribution in [-0.2, 0) is 0 Å². The second-order valence-electron chi connectivity index (χ2n) is 14.0. The first-order valence-corrected chi connectivity index (χ1v) is 18.7. The van der Waals surface area contributed by atoms with Crippen molar-refractivity contribution in [2.75, 3.05) is 0 Å². The van der Waals surface area contributed by atoms with E-state index in [2.05, 4.69) is 153 Å². The van der Waals surface area contributed by atoms with Crippen LogP contribution in [0.2, 0.25) is 0 Å². The number of rotatable bonds is 6. The van der Waals surface area contributed by atoms with Crippen LogP contribution in [0.5, 0.6) is 0 Å². The zero-order valence-corrected chi connectivity index (χ0v) is 30.2. The molecule has 0 aliphatic heterocycles. The normalized spacial score (nSPS) is 11.6. The van der Waals surface area contributed by atoms with Crippen molar-refractivity contribution in [2.24, 2.45) is 0 Å². The molecule has 0 atom stereocenters. The van der Waals surface area contributed by atoms with E-state index in [0.29, 0.717) is 0 Å². The molecule has 6 heterocycles. The number of aromatic nitrogens is 6. The van der Waals surface area contributed by atoms with E-state index in [1.165, 1.54) is 21.7 Å². The topological polar surface area (TPSA) is 61.4 Å². The lowest BCUT2D eigenvalue weighted by Gasteiger charge is -2.12. The Bertz CT molecular complexity index is 3160. The Hall–Kier alpha value is -7.70. The molecule has 6 aromatic heterocycles. The van der Waals surface area contributed by atoms with E-state index in [1.807, 2.05) is 48.8 Å². The predicted octanol–water partition coefficient (Wildman–Crippen LogP) is 12.1. The minimum atomic E-state index is 0.819. The fraction of sp³-hybridized carbons (Fsp3) is 0. The summed E-state index contributed by atoms with van der Waals surface area (Å²) in [5.41, 5.74) is 14.6. The lowest BCUT2D eigenvalue weighted by Crippen LogP contribution is -1.95. The maximum Gasteiger partial charge on any atom is 0.145 e. The Balaban J connectivity index is 1.06. The summed E-state index contributed by atoms with van der Waals surface area (Å²) in [7, 11) is 0. The van der Waals surface area contributed by atoms with Crippen LogP contribution in [0.1, 0.15) is 0 Å². The highest BCUT2D eigenvalue weighted by Gasteiger charge is 2.19. The zero-order chi connectivity index (χ0) is 37.0. The molecule has 0 amide bonds. The number of para-hydroxylation sites is 2. The lowest BCUT2D eigenvalue weighted by atomic mass is 9.98. The van der Waals surface area contributed by atoms with Crippen molar-refractivity contribution < 1.29 is 0 Å². The van der Waals surface area contributed by atoms with Crippen molar-refractivity contribution in [2.45, 2.75) is 0 Å². The van der Waals surface area contributed by atoms with Gasteiger partial charge in [-0.2, -0.15) is 0 Å². The van der Waals surface area contributed by atoms with Gasteiger partial charge in [-0.15, -0.1) is 0 Å². The fourth-order valence-corrected chi connectivity index (χ4v) is 8.20. The van der Waals surface area contributed by atoms with Crippen molar-refractivity contribution in [1.29, 1.82) is 0 Å². The average molecular weight is 717 g/mol. The van der Waals surface area contributed by atoms with Gasteiger partial charge in [-0.3, -0.25) is 14.5 Å². The van der Waals surface area contributed by atoms with Gasteiger partial charge in [0.1, 0.15) is 5.65 Å². The molecule has 56 heavy (non-hydrogen) atoms. The molecule has 0 aliphatic rings. The molecule has 0 saturated heterocycles. The number of nitrogens with zero attached hydrogens (tertiary/aromatic N) is 6. The highest BCUT2D eigenvalue weighted by Crippen LogP contribution is 2.41. The number of pyridine rings is 4. The molecule has 11 aromatic rings. The van der Waals surface area contributed by atoms with Crippen LogP contribution in [-0.4, -0.2) is 29.1 Å². The fourth-order valence-electron chi connectivity index (χ4n) is 8.20. The number of fused-ring (bicyclic) bond motifs is 6. The van der Waals surface area contributed by atoms with Crippen LogP contribution in [0.15, 0.2) is 195 Å². The van der Waals surface area contributed by atoms with Crippen LogP contribution in [0.3, 0.4) is 0 Å². The number of benzene rings is 5. The van der Waals surface area contributed by atoms with Crippen LogP contribution in [0, 0.1) is 0 Å². The Morgan fingerprint density at radius 2 is 1.12 bits per heavy atom. The third-order valence-electron chi connectivity index (χ3n) is 10.7. The Morgan fingerprint density at radius 3 is 1.98 bits per heavy atom. The molecule has 0 spiro atoms. The number of hydrogen-bond donors (Lipinski definition) is 0. The van der Waals surface area contributed by atoms with Crippen molar-refractivity contribution in [3.63, 3.8) is 0 Å². The number of hydrogen-bond acceptors (Lipinski definition) is 4. The predicted molar refractivity (Wildman–Crippen MR) is 228 cm³/mol. The Morgan fingerprint density at radius 1 is 0.375 bits per heavy atom. The molecular formula is C50H32N6. The highest BCUT2D eigenvalue weighted by molar-refractivity contribution is 6.17. The minimum absolute atomic E-state index is 0.819. The van der Waals surface area contributed by atoms with E-state index in [1.54, 1.807) is 12.4 Å². The molecule has 262 valence electrons. The van der Waals surface area contributed by atoms with Crippen molar-refractivity contribution in [3.8, 4) is 56.3 Å². The third kappa shape index (κ3) is 5.19. The van der Waals surface area contributed by atoms with E-state index in [4.69, 9.17) is 9.97 Å². The molecule has 0 saturated carbocycles. The smallest absolute Gasteiger partial charge is 0.145 e. The van der Waals surface area contributed by atoms with Crippen molar-refractivity contribution in [1.82, 2.24) is 29.1 Å². The molecule has 0 aliphatic carbocycles. The first-order valence-electron chi connectivity index (χ1n) is 18.7. The summed E-state index contributed by atoms with van der Waals surface area (Å²) in [6.07, 6.45) is 7.32. The van der Waals surface area contributed by atoms with E-state index < -0.39 is 0 Å². The Kier molecular flexibility index (Phi) is 7.38. The molecule has 11 rings (SSSR count). The third-order valence-corrected chi connectivity index (χ3v) is 10.7. The van der Waals surface area contributed by atoms with Gasteiger partial charge < -0.3 is 4.57 Å². The first-order chi connectivity index (χ1) is 27.8. The largest absolute Gasteiger partial charge is 0.309 e. The summed E-state index contributed by atoms with van der Waals surface area (Å²) in [5.74, 6) is 0. The summed E-state index contributed by atoms with van der Waals surface area (Å²) in [5, 5.41) is 4.76. The summed E-state index contributed by atoms with van der Waals surface area (Å²) in [4.78, 5) is 18.8. The van der Waals surface area contributed by atoms with Gasteiger partial charge in [-0.05, 0) is 113 Å². The SMILES string of the molecule is c1ccc(-n2c3cc(-c4cccc5c4c4ccccc4n5-c4ccc(-c5cc(-c6cccnc6)nc(-c6ccccn6)c5)cc4)ccc3c3cccnc32)cc1. The van der Waals surface area contributed by atoms with Gasteiger partial charge >= 0.3 is 0 Å². The maximum atomic E-state index is 5.00. The highest BCUT2D eigenvalue weighted by atomic mass is 15.0. The molecule has 0 N–H and O–H groups in total. The monoisotopic (exact) mass is 716 g/mol.